The zero-order valence-corrected chi connectivity index (χ0v) is 11.0. The summed E-state index contributed by atoms with van der Waals surface area (Å²) in [5, 5.41) is 6.99. The number of hydrogen-bond acceptors (Lipinski definition) is 4. The van der Waals surface area contributed by atoms with Crippen molar-refractivity contribution in [2.45, 2.75) is 13.3 Å². The lowest BCUT2D eigenvalue weighted by molar-refractivity contribution is 0.0954. The molecule has 3 N–H and O–H groups in total. The summed E-state index contributed by atoms with van der Waals surface area (Å²) in [7, 11) is 0. The van der Waals surface area contributed by atoms with Gasteiger partial charge in [0.05, 0.1) is 0 Å². The van der Waals surface area contributed by atoms with Crippen LogP contribution in [0.25, 0.3) is 0 Å². The summed E-state index contributed by atoms with van der Waals surface area (Å²) in [6, 6.07) is 5.38. The van der Waals surface area contributed by atoms with Gasteiger partial charge in [-0.15, -0.1) is 0 Å². The Morgan fingerprint density at radius 2 is 2.33 bits per heavy atom. The Morgan fingerprint density at radius 3 is 3.00 bits per heavy atom. The maximum absolute atomic E-state index is 11.9. The summed E-state index contributed by atoms with van der Waals surface area (Å²) in [5.41, 5.74) is 8.16. The normalized spacial score (nSPS) is 10.3. The van der Waals surface area contributed by atoms with E-state index < -0.39 is 0 Å². The van der Waals surface area contributed by atoms with E-state index in [0.717, 1.165) is 12.1 Å². The first-order valence-electron chi connectivity index (χ1n) is 5.68. The van der Waals surface area contributed by atoms with E-state index in [0.29, 0.717) is 17.9 Å². The smallest absolute Gasteiger partial charge is 0.251 e. The second kappa shape index (κ2) is 5.64. The molecule has 2 heterocycles. The molecule has 0 atom stereocenters. The minimum atomic E-state index is -0.109. The first-order chi connectivity index (χ1) is 8.65. The lowest BCUT2D eigenvalue weighted by Gasteiger charge is -2.06. The van der Waals surface area contributed by atoms with Crippen LogP contribution in [0.15, 0.2) is 29.0 Å². The number of aromatic nitrogens is 1. The van der Waals surface area contributed by atoms with Crippen molar-refractivity contribution in [3.05, 3.63) is 45.8 Å². The number of rotatable bonds is 4. The van der Waals surface area contributed by atoms with Gasteiger partial charge in [0, 0.05) is 17.8 Å². The van der Waals surface area contributed by atoms with Crippen LogP contribution < -0.4 is 11.1 Å². The molecule has 2 aromatic heterocycles. The molecule has 0 aliphatic carbocycles. The molecular weight excluding hydrogens is 246 g/mol. The van der Waals surface area contributed by atoms with Gasteiger partial charge in [-0.3, -0.25) is 4.79 Å². The van der Waals surface area contributed by atoms with E-state index >= 15 is 0 Å². The van der Waals surface area contributed by atoms with Gasteiger partial charge in [-0.2, -0.15) is 11.3 Å². The summed E-state index contributed by atoms with van der Waals surface area (Å²) < 4.78 is 0. The van der Waals surface area contributed by atoms with Crippen molar-refractivity contribution < 1.29 is 4.79 Å². The molecule has 1 amide bonds. The van der Waals surface area contributed by atoms with Crippen molar-refractivity contribution in [3.8, 4) is 0 Å². The van der Waals surface area contributed by atoms with Gasteiger partial charge in [0.1, 0.15) is 5.82 Å². The van der Waals surface area contributed by atoms with Crippen molar-refractivity contribution >= 4 is 23.1 Å². The molecule has 0 radical (unpaired) electrons. The first-order valence-corrected chi connectivity index (χ1v) is 6.63. The van der Waals surface area contributed by atoms with Crippen molar-refractivity contribution in [2.75, 3.05) is 12.3 Å². The molecule has 0 saturated heterocycles. The number of carbonyl (C=O) groups is 1. The molecule has 0 aliphatic rings. The standard InChI is InChI=1S/C13H15N3OS/c1-9-6-11(7-12(14)16-9)13(17)15-4-2-10-3-5-18-8-10/h3,5-8H,2,4H2,1H3,(H2,14,16)(H,15,17). The lowest BCUT2D eigenvalue weighted by Crippen LogP contribution is -2.25. The summed E-state index contributed by atoms with van der Waals surface area (Å²) in [6.45, 7) is 2.44. The summed E-state index contributed by atoms with van der Waals surface area (Å²) in [6.07, 6.45) is 0.842. The second-order valence-corrected chi connectivity index (χ2v) is 4.84. The predicted molar refractivity (Wildman–Crippen MR) is 73.7 cm³/mol. The Morgan fingerprint density at radius 1 is 1.50 bits per heavy atom. The van der Waals surface area contributed by atoms with Crippen molar-refractivity contribution in [1.29, 1.82) is 0 Å². The van der Waals surface area contributed by atoms with Gasteiger partial charge < -0.3 is 11.1 Å². The van der Waals surface area contributed by atoms with Crippen LogP contribution in [0.5, 0.6) is 0 Å². The number of pyridine rings is 1. The predicted octanol–water partition coefficient (Wildman–Crippen LogP) is 2.01. The van der Waals surface area contributed by atoms with Crippen LogP contribution >= 0.6 is 11.3 Å². The number of amides is 1. The topological polar surface area (TPSA) is 68.0 Å². The molecule has 0 aromatic carbocycles. The highest BCUT2D eigenvalue weighted by Crippen LogP contribution is 2.08. The minimum absolute atomic E-state index is 0.109. The third-order valence-electron chi connectivity index (χ3n) is 2.51. The Kier molecular flexibility index (Phi) is 3.94. The van der Waals surface area contributed by atoms with Gasteiger partial charge in [0.2, 0.25) is 0 Å². The van der Waals surface area contributed by atoms with Crippen LogP contribution in [0.1, 0.15) is 21.6 Å². The molecule has 2 rings (SSSR count). The molecular formula is C13H15N3OS. The molecule has 0 fully saturated rings. The van der Waals surface area contributed by atoms with Gasteiger partial charge in [-0.25, -0.2) is 4.98 Å². The molecule has 0 bridgehead atoms. The molecule has 5 heteroatoms. The highest BCUT2D eigenvalue weighted by atomic mass is 32.1. The SMILES string of the molecule is Cc1cc(C(=O)NCCc2ccsc2)cc(N)n1. The fraction of sp³-hybridized carbons (Fsp3) is 0.231. The largest absolute Gasteiger partial charge is 0.384 e. The van der Waals surface area contributed by atoms with Crippen molar-refractivity contribution in [2.24, 2.45) is 0 Å². The Bertz CT molecular complexity index is 517. The molecule has 94 valence electrons. The van der Waals surface area contributed by atoms with E-state index in [2.05, 4.69) is 21.7 Å². The second-order valence-electron chi connectivity index (χ2n) is 4.06. The Balaban J connectivity index is 1.91. The van der Waals surface area contributed by atoms with E-state index in [9.17, 15) is 4.79 Å². The summed E-state index contributed by atoms with van der Waals surface area (Å²) in [4.78, 5) is 15.9. The average molecular weight is 261 g/mol. The van der Waals surface area contributed by atoms with E-state index in [1.807, 2.05) is 12.3 Å². The molecule has 0 spiro atoms. The maximum Gasteiger partial charge on any atom is 0.251 e. The van der Waals surface area contributed by atoms with Crippen LogP contribution in [0.3, 0.4) is 0 Å². The number of nitrogens with zero attached hydrogens (tertiary/aromatic N) is 1. The van der Waals surface area contributed by atoms with E-state index in [-0.39, 0.29) is 5.91 Å². The number of anilines is 1. The van der Waals surface area contributed by atoms with Gasteiger partial charge >= 0.3 is 0 Å². The highest BCUT2D eigenvalue weighted by Gasteiger charge is 2.07. The zero-order valence-electron chi connectivity index (χ0n) is 10.1. The number of carbonyl (C=O) groups excluding carboxylic acids is 1. The lowest BCUT2D eigenvalue weighted by atomic mass is 10.2. The van der Waals surface area contributed by atoms with E-state index in [1.54, 1.807) is 23.5 Å². The monoisotopic (exact) mass is 261 g/mol. The molecule has 4 nitrogen and oxygen atoms in total. The number of aryl methyl sites for hydroxylation is 1. The number of thiophene rings is 1. The van der Waals surface area contributed by atoms with Crippen LogP contribution in [-0.2, 0) is 6.42 Å². The summed E-state index contributed by atoms with van der Waals surface area (Å²) in [5.74, 6) is 0.264. The third-order valence-corrected chi connectivity index (χ3v) is 3.25. The molecule has 0 saturated carbocycles. The van der Waals surface area contributed by atoms with Crippen molar-refractivity contribution in [1.82, 2.24) is 10.3 Å². The molecule has 18 heavy (non-hydrogen) atoms. The van der Waals surface area contributed by atoms with Gasteiger partial charge in [-0.05, 0) is 47.9 Å². The minimum Gasteiger partial charge on any atom is -0.384 e. The zero-order chi connectivity index (χ0) is 13.0. The quantitative estimate of drug-likeness (QED) is 0.884. The maximum atomic E-state index is 11.9. The first kappa shape index (κ1) is 12.6. The molecule has 2 aromatic rings. The molecule has 0 aliphatic heterocycles. The van der Waals surface area contributed by atoms with Crippen LogP contribution in [0, 0.1) is 6.92 Å². The highest BCUT2D eigenvalue weighted by molar-refractivity contribution is 7.07. The van der Waals surface area contributed by atoms with Gasteiger partial charge in [-0.1, -0.05) is 0 Å². The van der Waals surface area contributed by atoms with Gasteiger partial charge in [0.15, 0.2) is 0 Å². The number of nitrogens with one attached hydrogen (secondary N) is 1. The molecule has 0 unspecified atom stereocenters. The van der Waals surface area contributed by atoms with E-state index in [4.69, 9.17) is 5.73 Å². The van der Waals surface area contributed by atoms with Crippen LogP contribution in [-0.4, -0.2) is 17.4 Å². The average Bonchev–Trinajstić information content (AvgIpc) is 2.80. The van der Waals surface area contributed by atoms with Crippen molar-refractivity contribution in [3.63, 3.8) is 0 Å². The van der Waals surface area contributed by atoms with Crippen LogP contribution in [0.4, 0.5) is 5.82 Å². The summed E-state index contributed by atoms with van der Waals surface area (Å²) >= 11 is 1.66. The fourth-order valence-electron chi connectivity index (χ4n) is 1.68. The Labute approximate surface area is 110 Å². The Hall–Kier alpha value is -1.88. The fourth-order valence-corrected chi connectivity index (χ4v) is 2.39. The number of nitrogen functional groups attached to an aromatic ring is 1. The van der Waals surface area contributed by atoms with E-state index in [1.165, 1.54) is 5.56 Å². The van der Waals surface area contributed by atoms with Gasteiger partial charge in [0.25, 0.3) is 5.91 Å². The van der Waals surface area contributed by atoms with Crippen LogP contribution in [0.2, 0.25) is 0 Å². The third kappa shape index (κ3) is 3.30. The number of nitrogens with two attached hydrogens (primary N) is 1. The number of hydrogen-bond donors (Lipinski definition) is 2.